The minimum Gasteiger partial charge on any atom is -0.396 e. The smallest absolute Gasteiger partial charge is 0.396 e. The van der Waals surface area contributed by atoms with Gasteiger partial charge in [-0.05, 0) is 6.42 Å². The third-order valence-electron chi connectivity index (χ3n) is 2.76. The lowest BCUT2D eigenvalue weighted by molar-refractivity contribution is -0.277. The van der Waals surface area contributed by atoms with E-state index in [1.165, 1.54) is 0 Å². The molecule has 1 aliphatic heterocycles. The van der Waals surface area contributed by atoms with Gasteiger partial charge in [0.25, 0.3) is 0 Å². The number of carbonyl (C=O) groups excluding carboxylic acids is 1. The fourth-order valence-corrected chi connectivity index (χ4v) is 1.83. The quantitative estimate of drug-likeness (QED) is 0.779. The van der Waals surface area contributed by atoms with Gasteiger partial charge < -0.3 is 10.0 Å². The Hall–Kier alpha value is -0.990. The zero-order valence-corrected chi connectivity index (χ0v) is 9.05. The van der Waals surface area contributed by atoms with Crippen LogP contribution in [0.5, 0.6) is 0 Å². The van der Waals surface area contributed by atoms with E-state index in [2.05, 4.69) is 0 Å². The van der Waals surface area contributed by atoms with Crippen LogP contribution in [0.3, 0.4) is 0 Å². The van der Waals surface area contributed by atoms with Crippen molar-refractivity contribution in [2.45, 2.75) is 18.8 Å². The lowest BCUT2D eigenvalue weighted by atomic mass is 10.1. The summed E-state index contributed by atoms with van der Waals surface area (Å²) in [5, 5.41) is 8.74. The number of alkyl halides is 6. The fourth-order valence-electron chi connectivity index (χ4n) is 1.83. The number of halogens is 6. The van der Waals surface area contributed by atoms with Crippen LogP contribution < -0.4 is 0 Å². The molecule has 0 bridgehead atoms. The first-order chi connectivity index (χ1) is 8.07. The summed E-state index contributed by atoms with van der Waals surface area (Å²) in [7, 11) is 0. The molecule has 1 amide bonds. The van der Waals surface area contributed by atoms with Crippen LogP contribution in [-0.2, 0) is 4.79 Å². The van der Waals surface area contributed by atoms with E-state index in [0.717, 1.165) is 0 Å². The molecule has 0 aliphatic carbocycles. The van der Waals surface area contributed by atoms with Crippen molar-refractivity contribution in [3.63, 3.8) is 0 Å². The van der Waals surface area contributed by atoms with E-state index >= 15 is 0 Å². The molecule has 0 spiro atoms. The molecule has 1 rings (SSSR count). The molecule has 1 heterocycles. The molecule has 1 atom stereocenters. The van der Waals surface area contributed by atoms with Crippen molar-refractivity contribution < 1.29 is 36.2 Å². The summed E-state index contributed by atoms with van der Waals surface area (Å²) in [6.07, 6.45) is -11.1. The molecule has 0 aromatic carbocycles. The van der Waals surface area contributed by atoms with Gasteiger partial charge in [0.15, 0.2) is 0 Å². The molecule has 18 heavy (non-hydrogen) atoms. The molecule has 1 saturated heterocycles. The highest BCUT2D eigenvalue weighted by Crippen LogP contribution is 2.41. The average molecular weight is 279 g/mol. The molecule has 1 fully saturated rings. The summed E-state index contributed by atoms with van der Waals surface area (Å²) in [5.41, 5.74) is 0. The van der Waals surface area contributed by atoms with Crippen molar-refractivity contribution in [2.75, 3.05) is 19.7 Å². The number of hydrogen-bond donors (Lipinski definition) is 1. The topological polar surface area (TPSA) is 40.5 Å². The van der Waals surface area contributed by atoms with Gasteiger partial charge >= 0.3 is 12.4 Å². The zero-order chi connectivity index (χ0) is 14.1. The van der Waals surface area contributed by atoms with Gasteiger partial charge in [-0.15, -0.1) is 0 Å². The lowest BCUT2D eigenvalue weighted by Gasteiger charge is -2.26. The van der Waals surface area contributed by atoms with E-state index in [-0.39, 0.29) is 26.1 Å². The van der Waals surface area contributed by atoms with Crippen molar-refractivity contribution in [1.82, 2.24) is 4.90 Å². The van der Waals surface area contributed by atoms with Gasteiger partial charge in [-0.2, -0.15) is 26.3 Å². The van der Waals surface area contributed by atoms with E-state index in [1.807, 2.05) is 0 Å². The van der Waals surface area contributed by atoms with Crippen molar-refractivity contribution >= 4 is 5.91 Å². The first-order valence-corrected chi connectivity index (χ1v) is 5.10. The normalized spacial score (nSPS) is 21.8. The molecule has 1 N–H and O–H groups in total. The number of likely N-dealkylation sites (tertiary alicyclic amines) is 1. The Morgan fingerprint density at radius 2 is 1.72 bits per heavy atom. The van der Waals surface area contributed by atoms with Gasteiger partial charge in [0.05, 0.1) is 0 Å². The predicted octanol–water partition coefficient (Wildman–Crippen LogP) is 1.57. The van der Waals surface area contributed by atoms with Crippen molar-refractivity contribution in [1.29, 1.82) is 0 Å². The molecule has 9 heteroatoms. The highest BCUT2D eigenvalue weighted by molar-refractivity contribution is 5.80. The number of carbonyl (C=O) groups is 1. The zero-order valence-electron chi connectivity index (χ0n) is 9.05. The van der Waals surface area contributed by atoms with Gasteiger partial charge in [0, 0.05) is 25.6 Å². The van der Waals surface area contributed by atoms with Gasteiger partial charge in [-0.1, -0.05) is 0 Å². The highest BCUT2D eigenvalue weighted by Gasteiger charge is 2.62. The van der Waals surface area contributed by atoms with E-state index in [4.69, 9.17) is 5.11 Å². The van der Waals surface area contributed by atoms with Gasteiger partial charge in [0.1, 0.15) is 0 Å². The summed E-state index contributed by atoms with van der Waals surface area (Å²) in [6.45, 7) is -0.850. The number of aliphatic hydroxyl groups excluding tert-OH is 1. The van der Waals surface area contributed by atoms with Crippen molar-refractivity contribution in [3.05, 3.63) is 0 Å². The Morgan fingerprint density at radius 3 is 2.06 bits per heavy atom. The monoisotopic (exact) mass is 279 g/mol. The largest absolute Gasteiger partial charge is 0.409 e. The maximum absolute atomic E-state index is 12.3. The van der Waals surface area contributed by atoms with Crippen LogP contribution in [0.4, 0.5) is 26.3 Å². The number of hydrogen-bond acceptors (Lipinski definition) is 2. The molecule has 106 valence electrons. The van der Waals surface area contributed by atoms with E-state index in [1.54, 1.807) is 0 Å². The maximum atomic E-state index is 12.3. The average Bonchev–Trinajstić information content (AvgIpc) is 2.60. The number of rotatable bonds is 2. The third-order valence-corrected chi connectivity index (χ3v) is 2.76. The Bertz CT molecular complexity index is 299. The Balaban J connectivity index is 2.85. The van der Waals surface area contributed by atoms with Gasteiger partial charge in [0.2, 0.25) is 11.8 Å². The SMILES string of the molecule is O=C(C(C(F)(F)F)C(F)(F)F)N1CCC(CO)C1. The molecule has 1 aliphatic rings. The molecular formula is C9H11F6NO2. The van der Waals surface area contributed by atoms with Crippen LogP contribution >= 0.6 is 0 Å². The second kappa shape index (κ2) is 4.94. The van der Waals surface area contributed by atoms with Crippen molar-refractivity contribution in [2.24, 2.45) is 11.8 Å². The standard InChI is InChI=1S/C9H11F6NO2/c10-8(11,12)6(9(13,14)15)7(18)16-2-1-5(3-16)4-17/h5-6,17H,1-4H2. The minimum atomic E-state index is -5.66. The predicted molar refractivity (Wildman–Crippen MR) is 47.4 cm³/mol. The highest BCUT2D eigenvalue weighted by atomic mass is 19.4. The molecule has 0 aromatic rings. The summed E-state index contributed by atoms with van der Waals surface area (Å²) in [5.74, 6) is -6.44. The molecule has 3 nitrogen and oxygen atoms in total. The Labute approximate surface area is 98.4 Å². The van der Waals surface area contributed by atoms with Gasteiger partial charge in [-0.3, -0.25) is 4.79 Å². The molecule has 0 radical (unpaired) electrons. The van der Waals surface area contributed by atoms with E-state index < -0.39 is 30.1 Å². The summed E-state index contributed by atoms with van der Waals surface area (Å²) in [4.78, 5) is 11.8. The number of aliphatic hydroxyl groups is 1. The number of amides is 1. The second-order valence-corrected chi connectivity index (χ2v) is 4.14. The summed E-state index contributed by atoms with van der Waals surface area (Å²) in [6, 6.07) is 0. The first kappa shape index (κ1) is 15.1. The Kier molecular flexibility index (Phi) is 4.14. The third kappa shape index (κ3) is 3.27. The number of nitrogens with zero attached hydrogens (tertiary/aromatic N) is 1. The fraction of sp³-hybridized carbons (Fsp3) is 0.889. The Morgan fingerprint density at radius 1 is 1.22 bits per heavy atom. The van der Waals surface area contributed by atoms with Crippen LogP contribution in [0.15, 0.2) is 0 Å². The summed E-state index contributed by atoms with van der Waals surface area (Å²) < 4.78 is 73.7. The van der Waals surface area contributed by atoms with Crippen molar-refractivity contribution in [3.8, 4) is 0 Å². The van der Waals surface area contributed by atoms with E-state index in [0.29, 0.717) is 4.90 Å². The summed E-state index contributed by atoms with van der Waals surface area (Å²) >= 11 is 0. The van der Waals surface area contributed by atoms with Crippen LogP contribution in [0.2, 0.25) is 0 Å². The molecule has 1 unspecified atom stereocenters. The molecular weight excluding hydrogens is 268 g/mol. The second-order valence-electron chi connectivity index (χ2n) is 4.14. The van der Waals surface area contributed by atoms with Gasteiger partial charge in [-0.25, -0.2) is 0 Å². The molecule has 0 saturated carbocycles. The van der Waals surface area contributed by atoms with Crippen LogP contribution in [0.1, 0.15) is 6.42 Å². The van der Waals surface area contributed by atoms with E-state index in [9.17, 15) is 31.1 Å². The lowest BCUT2D eigenvalue weighted by Crippen LogP contribution is -2.49. The minimum absolute atomic E-state index is 0.199. The maximum Gasteiger partial charge on any atom is 0.409 e. The van der Waals surface area contributed by atoms with Crippen LogP contribution in [0.25, 0.3) is 0 Å². The first-order valence-electron chi connectivity index (χ1n) is 5.10. The van der Waals surface area contributed by atoms with Crippen LogP contribution in [-0.4, -0.2) is 48.0 Å². The van der Waals surface area contributed by atoms with Crippen LogP contribution in [0, 0.1) is 11.8 Å². The molecule has 0 aromatic heterocycles.